The number of thioether (sulfide) groups is 1. The monoisotopic (exact) mass is 461 g/mol. The van der Waals surface area contributed by atoms with Gasteiger partial charge in [-0.15, -0.1) is 10.2 Å². The lowest BCUT2D eigenvalue weighted by atomic mass is 10.2. The Bertz CT molecular complexity index is 1030. The van der Waals surface area contributed by atoms with E-state index in [4.69, 9.17) is 26.9 Å². The smallest absolute Gasteiger partial charge is 0.235 e. The summed E-state index contributed by atoms with van der Waals surface area (Å²) in [7, 11) is 3.32. The maximum atomic E-state index is 12.7. The lowest BCUT2D eigenvalue weighted by Gasteiger charge is -2.21. The van der Waals surface area contributed by atoms with Gasteiger partial charge in [-0.05, 0) is 43.3 Å². The zero-order valence-electron chi connectivity index (χ0n) is 17.5. The number of hydrogen-bond acceptors (Lipinski definition) is 7. The molecule has 0 saturated heterocycles. The third kappa shape index (κ3) is 5.62. The molecular weight excluding hydrogens is 438 g/mol. The summed E-state index contributed by atoms with van der Waals surface area (Å²) < 4.78 is 12.4. The molecule has 31 heavy (non-hydrogen) atoms. The number of carbonyl (C=O) groups excluding carboxylic acids is 1. The average molecular weight is 462 g/mol. The van der Waals surface area contributed by atoms with Crippen molar-refractivity contribution >= 4 is 29.3 Å². The number of nitrogens with zero attached hydrogens (tertiary/aromatic N) is 4. The van der Waals surface area contributed by atoms with Crippen LogP contribution in [0.25, 0.3) is 11.4 Å². The Morgan fingerprint density at radius 2 is 1.94 bits per heavy atom. The lowest BCUT2D eigenvalue weighted by Crippen LogP contribution is -2.36. The number of nitrogen functional groups attached to an aromatic ring is 1. The minimum absolute atomic E-state index is 0.0634. The largest absolute Gasteiger partial charge is 0.496 e. The minimum Gasteiger partial charge on any atom is -0.496 e. The first kappa shape index (κ1) is 22.8. The number of amides is 1. The Labute approximate surface area is 190 Å². The molecule has 1 unspecified atom stereocenters. The first-order chi connectivity index (χ1) is 14.9. The Morgan fingerprint density at radius 3 is 2.65 bits per heavy atom. The highest BCUT2D eigenvalue weighted by atomic mass is 35.5. The van der Waals surface area contributed by atoms with Crippen LogP contribution in [0.3, 0.4) is 0 Å². The van der Waals surface area contributed by atoms with Crippen LogP contribution in [0, 0.1) is 0 Å². The van der Waals surface area contributed by atoms with Crippen molar-refractivity contribution in [3.8, 4) is 22.9 Å². The molecule has 0 saturated carbocycles. The van der Waals surface area contributed by atoms with Crippen molar-refractivity contribution < 1.29 is 14.3 Å². The fraction of sp³-hybridized carbons (Fsp3) is 0.286. The lowest BCUT2D eigenvalue weighted by molar-refractivity contribution is -0.129. The van der Waals surface area contributed by atoms with Crippen molar-refractivity contribution in [3.63, 3.8) is 0 Å². The molecule has 0 fully saturated rings. The number of likely N-dealkylation sites (N-methyl/N-ethyl adjacent to an activating group) is 1. The van der Waals surface area contributed by atoms with Crippen molar-refractivity contribution in [3.05, 3.63) is 53.6 Å². The van der Waals surface area contributed by atoms with Gasteiger partial charge in [-0.3, -0.25) is 4.79 Å². The van der Waals surface area contributed by atoms with Gasteiger partial charge in [0.05, 0.1) is 24.5 Å². The second kappa shape index (κ2) is 10.4. The summed E-state index contributed by atoms with van der Waals surface area (Å²) in [4.78, 5) is 14.4. The second-order valence-electron chi connectivity index (χ2n) is 6.70. The summed E-state index contributed by atoms with van der Waals surface area (Å²) >= 11 is 7.11. The van der Waals surface area contributed by atoms with Crippen LogP contribution in [-0.4, -0.2) is 58.2 Å². The summed E-state index contributed by atoms with van der Waals surface area (Å²) in [5.41, 5.74) is 0.724. The van der Waals surface area contributed by atoms with Crippen LogP contribution in [0.1, 0.15) is 6.92 Å². The minimum atomic E-state index is -0.405. The van der Waals surface area contributed by atoms with Crippen LogP contribution in [0.2, 0.25) is 5.02 Å². The van der Waals surface area contributed by atoms with E-state index in [0.29, 0.717) is 40.7 Å². The number of hydrogen-bond donors (Lipinski definition) is 1. The SMILES string of the molecule is COc1ccccc1-c1nnc(SC(C)C(=O)N(C)CCOc2ccc(Cl)cc2)n1N. The summed E-state index contributed by atoms with van der Waals surface area (Å²) in [6, 6.07) is 14.5. The number of nitrogens with two attached hydrogens (primary N) is 1. The van der Waals surface area contributed by atoms with Gasteiger partial charge in [-0.25, -0.2) is 4.68 Å². The summed E-state index contributed by atoms with van der Waals surface area (Å²) in [6.07, 6.45) is 0. The molecule has 0 bridgehead atoms. The van der Waals surface area contributed by atoms with Gasteiger partial charge in [0.1, 0.15) is 18.1 Å². The van der Waals surface area contributed by atoms with Gasteiger partial charge < -0.3 is 20.2 Å². The number of ether oxygens (including phenoxy) is 2. The molecule has 1 heterocycles. The molecule has 3 aromatic rings. The molecule has 3 rings (SSSR count). The van der Waals surface area contributed by atoms with Gasteiger partial charge in [0.25, 0.3) is 0 Å². The van der Waals surface area contributed by atoms with Crippen molar-refractivity contribution in [2.24, 2.45) is 0 Å². The van der Waals surface area contributed by atoms with E-state index in [2.05, 4.69) is 10.2 Å². The van der Waals surface area contributed by atoms with Crippen LogP contribution in [-0.2, 0) is 4.79 Å². The average Bonchev–Trinajstić information content (AvgIpc) is 3.14. The Kier molecular flexibility index (Phi) is 7.64. The second-order valence-corrected chi connectivity index (χ2v) is 8.44. The fourth-order valence-electron chi connectivity index (χ4n) is 2.83. The predicted octanol–water partition coefficient (Wildman–Crippen LogP) is 3.34. The summed E-state index contributed by atoms with van der Waals surface area (Å²) in [6.45, 7) is 2.61. The zero-order valence-corrected chi connectivity index (χ0v) is 19.1. The van der Waals surface area contributed by atoms with E-state index in [0.717, 1.165) is 5.56 Å². The number of aromatic nitrogens is 3. The first-order valence-electron chi connectivity index (χ1n) is 9.54. The topological polar surface area (TPSA) is 95.5 Å². The van der Waals surface area contributed by atoms with E-state index in [1.165, 1.54) is 16.4 Å². The molecule has 0 aliphatic rings. The van der Waals surface area contributed by atoms with E-state index in [1.54, 1.807) is 50.2 Å². The highest BCUT2D eigenvalue weighted by Gasteiger charge is 2.23. The van der Waals surface area contributed by atoms with Gasteiger partial charge in [-0.1, -0.05) is 35.5 Å². The number of methoxy groups -OCH3 is 1. The zero-order chi connectivity index (χ0) is 22.4. The standard InChI is InChI=1S/C21H24ClN5O3S/c1-14(20(28)26(2)12-13-30-16-10-8-15(22)9-11-16)31-21-25-24-19(27(21)23)17-6-4-5-7-18(17)29-3/h4-11,14H,12-13,23H2,1-3H3. The molecule has 0 spiro atoms. The maximum absolute atomic E-state index is 12.7. The molecule has 1 amide bonds. The molecule has 10 heteroatoms. The number of carbonyl (C=O) groups is 1. The predicted molar refractivity (Wildman–Crippen MR) is 122 cm³/mol. The van der Waals surface area contributed by atoms with Crippen LogP contribution in [0.15, 0.2) is 53.7 Å². The van der Waals surface area contributed by atoms with Gasteiger partial charge >= 0.3 is 0 Å². The van der Waals surface area contributed by atoms with Crippen molar-refractivity contribution in [1.29, 1.82) is 0 Å². The van der Waals surface area contributed by atoms with Crippen molar-refractivity contribution in [1.82, 2.24) is 19.8 Å². The summed E-state index contributed by atoms with van der Waals surface area (Å²) in [5, 5.41) is 9.00. The normalized spacial score (nSPS) is 11.7. The highest BCUT2D eigenvalue weighted by Crippen LogP contribution is 2.30. The van der Waals surface area contributed by atoms with Crippen molar-refractivity contribution in [2.75, 3.05) is 33.2 Å². The van der Waals surface area contributed by atoms with E-state index in [1.807, 2.05) is 24.3 Å². The van der Waals surface area contributed by atoms with Gasteiger partial charge in [-0.2, -0.15) is 0 Å². The molecule has 8 nitrogen and oxygen atoms in total. The number of rotatable bonds is 9. The van der Waals surface area contributed by atoms with E-state index >= 15 is 0 Å². The van der Waals surface area contributed by atoms with E-state index < -0.39 is 5.25 Å². The highest BCUT2D eigenvalue weighted by molar-refractivity contribution is 8.00. The molecule has 0 aliphatic heterocycles. The maximum Gasteiger partial charge on any atom is 0.235 e. The van der Waals surface area contributed by atoms with Crippen molar-refractivity contribution in [2.45, 2.75) is 17.3 Å². The Hall–Kier alpha value is -2.91. The fourth-order valence-corrected chi connectivity index (χ4v) is 3.84. The van der Waals surface area contributed by atoms with E-state index in [9.17, 15) is 4.79 Å². The van der Waals surface area contributed by atoms with Gasteiger partial charge in [0.15, 0.2) is 5.82 Å². The third-order valence-corrected chi connectivity index (χ3v) is 5.82. The molecule has 2 N–H and O–H groups in total. The molecule has 0 aliphatic carbocycles. The van der Waals surface area contributed by atoms with Crippen LogP contribution < -0.4 is 15.3 Å². The molecule has 164 valence electrons. The number of halogens is 1. The van der Waals surface area contributed by atoms with E-state index in [-0.39, 0.29) is 5.91 Å². The van der Waals surface area contributed by atoms with Crippen LogP contribution >= 0.6 is 23.4 Å². The Balaban J connectivity index is 1.58. The quantitative estimate of drug-likeness (QED) is 0.385. The molecular formula is C21H24ClN5O3S. The van der Waals surface area contributed by atoms with Gasteiger partial charge in [0.2, 0.25) is 11.1 Å². The molecule has 2 aromatic carbocycles. The molecule has 0 radical (unpaired) electrons. The summed E-state index contributed by atoms with van der Waals surface area (Å²) in [5.74, 6) is 7.94. The van der Waals surface area contributed by atoms with Crippen LogP contribution in [0.4, 0.5) is 0 Å². The Morgan fingerprint density at radius 1 is 1.23 bits per heavy atom. The number of benzene rings is 2. The molecule has 1 aromatic heterocycles. The number of para-hydroxylation sites is 1. The molecule has 1 atom stereocenters. The van der Waals surface area contributed by atoms with Gasteiger partial charge in [0, 0.05) is 12.1 Å². The third-order valence-electron chi connectivity index (χ3n) is 4.53. The van der Waals surface area contributed by atoms with Crippen LogP contribution in [0.5, 0.6) is 11.5 Å². The first-order valence-corrected chi connectivity index (χ1v) is 10.8.